The Morgan fingerprint density at radius 1 is 1.22 bits per heavy atom. The van der Waals surface area contributed by atoms with Crippen LogP contribution in [0.2, 0.25) is 0 Å². The molecule has 0 bridgehead atoms. The second kappa shape index (κ2) is 13.0. The average Bonchev–Trinajstić information content (AvgIpc) is 3.30. The number of hydrogen-bond donors (Lipinski definition) is 2. The van der Waals surface area contributed by atoms with Crippen molar-refractivity contribution in [3.05, 3.63) is 29.6 Å². The molecule has 1 fully saturated rings. The molecule has 0 aliphatic carbocycles. The van der Waals surface area contributed by atoms with Crippen LogP contribution in [0.4, 0.5) is 5.13 Å². The molecule has 1 unspecified atom stereocenters. The molecule has 1 saturated heterocycles. The Morgan fingerprint density at radius 2 is 1.97 bits per heavy atom. The lowest BCUT2D eigenvalue weighted by Gasteiger charge is -2.36. The van der Waals surface area contributed by atoms with E-state index in [0.29, 0.717) is 17.1 Å². The van der Waals surface area contributed by atoms with Crippen LogP contribution in [-0.2, 0) is 6.42 Å². The molecular formula is C21H33IN6O3S. The van der Waals surface area contributed by atoms with Crippen LogP contribution >= 0.6 is 35.5 Å². The first-order valence-corrected chi connectivity index (χ1v) is 11.4. The quantitative estimate of drug-likeness (QED) is 0.282. The molecular weight excluding hydrogens is 543 g/mol. The first-order chi connectivity index (χ1) is 15.1. The van der Waals surface area contributed by atoms with Gasteiger partial charge in [-0.15, -0.1) is 24.0 Å². The third-order valence-corrected chi connectivity index (χ3v) is 5.98. The highest BCUT2D eigenvalue weighted by atomic mass is 127. The van der Waals surface area contributed by atoms with Crippen molar-refractivity contribution in [2.24, 2.45) is 4.99 Å². The van der Waals surface area contributed by atoms with Crippen LogP contribution < -0.4 is 19.7 Å². The summed E-state index contributed by atoms with van der Waals surface area (Å²) < 4.78 is 15.1. The van der Waals surface area contributed by atoms with Crippen LogP contribution in [0.25, 0.3) is 0 Å². The molecule has 178 valence electrons. The predicted molar refractivity (Wildman–Crippen MR) is 139 cm³/mol. The third-order valence-electron chi connectivity index (χ3n) is 5.17. The van der Waals surface area contributed by atoms with Gasteiger partial charge in [0.2, 0.25) is 5.13 Å². The van der Waals surface area contributed by atoms with Crippen LogP contribution in [0, 0.1) is 0 Å². The van der Waals surface area contributed by atoms with Crippen molar-refractivity contribution in [2.45, 2.75) is 26.4 Å². The number of methoxy groups -OCH3 is 2. The molecule has 1 aromatic carbocycles. The SMILES string of the molecule is CCNC(=NCC(O)c1cc(OC)ccc1OC)N1CCN(c2nc(CC)ns2)CC1.I. The normalized spacial score (nSPS) is 15.2. The van der Waals surface area contributed by atoms with Gasteiger partial charge < -0.3 is 29.7 Å². The molecule has 1 atom stereocenters. The van der Waals surface area contributed by atoms with Gasteiger partial charge in [0.05, 0.1) is 20.8 Å². The molecule has 2 heterocycles. The molecule has 1 aliphatic rings. The Hall–Kier alpha value is -1.86. The molecule has 0 amide bonds. The largest absolute Gasteiger partial charge is 0.497 e. The zero-order valence-corrected chi connectivity index (χ0v) is 22.2. The Morgan fingerprint density at radius 3 is 2.56 bits per heavy atom. The molecule has 11 heteroatoms. The van der Waals surface area contributed by atoms with Gasteiger partial charge in [0.25, 0.3) is 0 Å². The summed E-state index contributed by atoms with van der Waals surface area (Å²) >= 11 is 1.46. The zero-order chi connectivity index (χ0) is 22.2. The summed E-state index contributed by atoms with van der Waals surface area (Å²) in [6.45, 7) is 8.45. The first-order valence-electron chi connectivity index (χ1n) is 10.6. The van der Waals surface area contributed by atoms with E-state index in [-0.39, 0.29) is 30.5 Å². The third kappa shape index (κ3) is 6.58. The smallest absolute Gasteiger partial charge is 0.205 e. The van der Waals surface area contributed by atoms with Crippen molar-refractivity contribution < 1.29 is 14.6 Å². The van der Waals surface area contributed by atoms with E-state index in [0.717, 1.165) is 56.1 Å². The maximum Gasteiger partial charge on any atom is 0.205 e. The van der Waals surface area contributed by atoms with E-state index in [1.807, 2.05) is 13.0 Å². The maximum atomic E-state index is 10.8. The highest BCUT2D eigenvalue weighted by Gasteiger charge is 2.23. The van der Waals surface area contributed by atoms with Gasteiger partial charge in [-0.25, -0.2) is 4.98 Å². The Balaban J connectivity index is 0.00000363. The van der Waals surface area contributed by atoms with Crippen molar-refractivity contribution >= 4 is 46.6 Å². The summed E-state index contributed by atoms with van der Waals surface area (Å²) in [6.07, 6.45) is 0.0579. The summed E-state index contributed by atoms with van der Waals surface area (Å²) in [6, 6.07) is 5.39. The minimum Gasteiger partial charge on any atom is -0.497 e. The minimum absolute atomic E-state index is 0. The summed E-state index contributed by atoms with van der Waals surface area (Å²) in [4.78, 5) is 13.8. The second-order valence-electron chi connectivity index (χ2n) is 7.14. The van der Waals surface area contributed by atoms with Gasteiger partial charge in [-0.05, 0) is 25.1 Å². The van der Waals surface area contributed by atoms with Crippen LogP contribution in [-0.4, -0.2) is 78.8 Å². The summed E-state index contributed by atoms with van der Waals surface area (Å²) in [7, 11) is 3.19. The molecule has 1 aromatic heterocycles. The van der Waals surface area contributed by atoms with Crippen LogP contribution in [0.3, 0.4) is 0 Å². The van der Waals surface area contributed by atoms with Gasteiger partial charge in [-0.2, -0.15) is 4.37 Å². The number of nitrogens with one attached hydrogen (secondary N) is 1. The number of aliphatic hydroxyl groups is 1. The number of anilines is 1. The highest BCUT2D eigenvalue weighted by molar-refractivity contribution is 14.0. The number of hydrogen-bond acceptors (Lipinski definition) is 8. The summed E-state index contributed by atoms with van der Waals surface area (Å²) in [5.74, 6) is 2.99. The monoisotopic (exact) mass is 576 g/mol. The number of aromatic nitrogens is 2. The number of nitrogens with zero attached hydrogens (tertiary/aromatic N) is 5. The molecule has 2 N–H and O–H groups in total. The zero-order valence-electron chi connectivity index (χ0n) is 19.1. The Kier molecular flexibility index (Phi) is 10.7. The van der Waals surface area contributed by atoms with E-state index in [2.05, 4.69) is 31.4 Å². The van der Waals surface area contributed by atoms with E-state index >= 15 is 0 Å². The van der Waals surface area contributed by atoms with Crippen molar-refractivity contribution in [3.63, 3.8) is 0 Å². The van der Waals surface area contributed by atoms with Crippen molar-refractivity contribution in [3.8, 4) is 11.5 Å². The molecule has 2 aromatic rings. The lowest BCUT2D eigenvalue weighted by atomic mass is 10.1. The number of aliphatic hydroxyl groups excluding tert-OH is 1. The van der Waals surface area contributed by atoms with Crippen LogP contribution in [0.5, 0.6) is 11.5 Å². The van der Waals surface area contributed by atoms with Gasteiger partial charge in [-0.1, -0.05) is 6.92 Å². The fraction of sp³-hybridized carbons (Fsp3) is 0.571. The fourth-order valence-electron chi connectivity index (χ4n) is 3.42. The van der Waals surface area contributed by atoms with Crippen LogP contribution in [0.15, 0.2) is 23.2 Å². The van der Waals surface area contributed by atoms with E-state index in [1.54, 1.807) is 26.4 Å². The van der Waals surface area contributed by atoms with Gasteiger partial charge >= 0.3 is 0 Å². The van der Waals surface area contributed by atoms with Crippen molar-refractivity contribution in [2.75, 3.05) is 58.4 Å². The topological polar surface area (TPSA) is 95.3 Å². The van der Waals surface area contributed by atoms with Gasteiger partial charge in [-0.3, -0.25) is 4.99 Å². The van der Waals surface area contributed by atoms with Crippen LogP contribution in [0.1, 0.15) is 31.3 Å². The number of halogens is 1. The maximum absolute atomic E-state index is 10.8. The molecule has 3 rings (SSSR count). The van der Waals surface area contributed by atoms with E-state index < -0.39 is 6.10 Å². The van der Waals surface area contributed by atoms with E-state index in [4.69, 9.17) is 14.5 Å². The molecule has 32 heavy (non-hydrogen) atoms. The number of aliphatic imine (C=N–C) groups is 1. The van der Waals surface area contributed by atoms with Gasteiger partial charge in [0.15, 0.2) is 5.96 Å². The number of guanidine groups is 1. The average molecular weight is 577 g/mol. The first kappa shape index (κ1) is 26.4. The Labute approximate surface area is 211 Å². The molecule has 9 nitrogen and oxygen atoms in total. The van der Waals surface area contributed by atoms with E-state index in [1.165, 1.54) is 11.5 Å². The molecule has 0 saturated carbocycles. The van der Waals surface area contributed by atoms with Gasteiger partial charge in [0, 0.05) is 56.2 Å². The number of ether oxygens (including phenoxy) is 2. The summed E-state index contributed by atoms with van der Waals surface area (Å²) in [5.41, 5.74) is 0.661. The standard InChI is InChI=1S/C21H32N6O3S.HI/c1-5-19-24-21(31-25-19)27-11-9-26(10-12-27)20(22-6-2)23-14-17(28)16-13-15(29-3)7-8-18(16)30-4;/h7-8,13,17,28H,5-6,9-12,14H2,1-4H3,(H,22,23);1H. The fourth-order valence-corrected chi connectivity index (χ4v) is 4.22. The predicted octanol–water partition coefficient (Wildman–Crippen LogP) is 2.56. The highest BCUT2D eigenvalue weighted by Crippen LogP contribution is 2.29. The summed E-state index contributed by atoms with van der Waals surface area (Å²) in [5, 5.41) is 15.1. The minimum atomic E-state index is -0.797. The van der Waals surface area contributed by atoms with E-state index in [9.17, 15) is 5.11 Å². The molecule has 0 radical (unpaired) electrons. The number of rotatable bonds is 8. The molecule has 1 aliphatic heterocycles. The Bertz CT molecular complexity index is 873. The van der Waals surface area contributed by atoms with Gasteiger partial charge in [0.1, 0.15) is 23.4 Å². The van der Waals surface area contributed by atoms with Crippen molar-refractivity contribution in [1.82, 2.24) is 19.6 Å². The lowest BCUT2D eigenvalue weighted by molar-refractivity contribution is 0.181. The number of piperazine rings is 1. The second-order valence-corrected chi connectivity index (χ2v) is 7.87. The number of benzene rings is 1. The number of aryl methyl sites for hydroxylation is 1. The lowest BCUT2D eigenvalue weighted by Crippen LogP contribution is -2.52. The molecule has 0 spiro atoms. The van der Waals surface area contributed by atoms with Crippen molar-refractivity contribution in [1.29, 1.82) is 0 Å².